The van der Waals surface area contributed by atoms with Gasteiger partial charge in [0.2, 0.25) is 0 Å². The van der Waals surface area contributed by atoms with Crippen molar-refractivity contribution in [3.63, 3.8) is 0 Å². The number of aromatic nitrogens is 1. The van der Waals surface area contributed by atoms with Crippen molar-refractivity contribution in [3.05, 3.63) is 102 Å². The molecule has 0 radical (unpaired) electrons. The Morgan fingerprint density at radius 3 is 2.77 bits per heavy atom. The van der Waals surface area contributed by atoms with Gasteiger partial charge in [0.25, 0.3) is 0 Å². The van der Waals surface area contributed by atoms with E-state index in [0.29, 0.717) is 13.1 Å². The SMILES string of the molecule is C=CC[NH+](Cc1cccn1Cc1cccc(F)c1)C[C@@H](O)COc1ccccc1C. The highest BCUT2D eigenvalue weighted by atomic mass is 19.1. The van der Waals surface area contributed by atoms with Crippen molar-refractivity contribution in [2.75, 3.05) is 19.7 Å². The van der Waals surface area contributed by atoms with Gasteiger partial charge in [-0.3, -0.25) is 0 Å². The Morgan fingerprint density at radius 2 is 2.00 bits per heavy atom. The van der Waals surface area contributed by atoms with Crippen molar-refractivity contribution in [2.24, 2.45) is 0 Å². The summed E-state index contributed by atoms with van der Waals surface area (Å²) in [6.45, 7) is 8.71. The van der Waals surface area contributed by atoms with Gasteiger partial charge in [-0.2, -0.15) is 0 Å². The first-order chi connectivity index (χ1) is 14.5. The van der Waals surface area contributed by atoms with Crippen LogP contribution in [0.2, 0.25) is 0 Å². The van der Waals surface area contributed by atoms with Crippen LogP contribution in [-0.4, -0.2) is 35.5 Å². The number of hydrogen-bond donors (Lipinski definition) is 2. The molecule has 2 aromatic carbocycles. The van der Waals surface area contributed by atoms with Crippen molar-refractivity contribution in [1.29, 1.82) is 0 Å². The van der Waals surface area contributed by atoms with Crippen LogP contribution in [0.25, 0.3) is 0 Å². The van der Waals surface area contributed by atoms with Gasteiger partial charge in [0.15, 0.2) is 0 Å². The average molecular weight is 410 g/mol. The number of nitrogens with zero attached hydrogens (tertiary/aromatic N) is 1. The van der Waals surface area contributed by atoms with E-state index in [1.807, 2.05) is 55.6 Å². The highest BCUT2D eigenvalue weighted by Gasteiger charge is 2.17. The predicted molar refractivity (Wildman–Crippen MR) is 117 cm³/mol. The third-order valence-corrected chi connectivity index (χ3v) is 5.08. The molecular weight excluding hydrogens is 379 g/mol. The van der Waals surface area contributed by atoms with Gasteiger partial charge in [-0.1, -0.05) is 36.9 Å². The minimum atomic E-state index is -0.591. The summed E-state index contributed by atoms with van der Waals surface area (Å²) in [6.07, 6.45) is 3.28. The quantitative estimate of drug-likeness (QED) is 0.478. The maximum absolute atomic E-state index is 13.5. The minimum absolute atomic E-state index is 0.225. The van der Waals surface area contributed by atoms with Gasteiger partial charge in [-0.05, 0) is 54.5 Å². The lowest BCUT2D eigenvalue weighted by molar-refractivity contribution is -0.911. The molecule has 0 amide bonds. The Labute approximate surface area is 177 Å². The highest BCUT2D eigenvalue weighted by molar-refractivity contribution is 5.31. The van der Waals surface area contributed by atoms with Crippen LogP contribution in [0.15, 0.2) is 79.5 Å². The Hall–Kier alpha value is -2.89. The number of ether oxygens (including phenoxy) is 1. The van der Waals surface area contributed by atoms with E-state index >= 15 is 0 Å². The van der Waals surface area contributed by atoms with Gasteiger partial charge >= 0.3 is 0 Å². The van der Waals surface area contributed by atoms with E-state index < -0.39 is 6.10 Å². The van der Waals surface area contributed by atoms with Crippen molar-refractivity contribution < 1.29 is 19.1 Å². The highest BCUT2D eigenvalue weighted by Crippen LogP contribution is 2.16. The van der Waals surface area contributed by atoms with E-state index in [4.69, 9.17) is 4.74 Å². The van der Waals surface area contributed by atoms with E-state index in [2.05, 4.69) is 17.2 Å². The first-order valence-electron chi connectivity index (χ1n) is 10.2. The third-order valence-electron chi connectivity index (χ3n) is 5.08. The number of aliphatic hydroxyl groups excluding tert-OH is 1. The molecule has 2 N–H and O–H groups in total. The molecule has 3 rings (SSSR count). The molecule has 0 fully saturated rings. The Morgan fingerprint density at radius 1 is 1.17 bits per heavy atom. The van der Waals surface area contributed by atoms with Crippen LogP contribution < -0.4 is 9.64 Å². The van der Waals surface area contributed by atoms with Gasteiger partial charge in [0.05, 0.1) is 12.2 Å². The molecule has 1 heterocycles. The second-order valence-electron chi connectivity index (χ2n) is 7.61. The molecule has 1 unspecified atom stereocenters. The molecule has 5 heteroatoms. The van der Waals surface area contributed by atoms with Gasteiger partial charge in [0.1, 0.15) is 37.4 Å². The average Bonchev–Trinajstić information content (AvgIpc) is 3.14. The largest absolute Gasteiger partial charge is 0.490 e. The molecule has 3 aromatic rings. The number of nitrogens with one attached hydrogen (secondary N) is 1. The smallest absolute Gasteiger partial charge is 0.137 e. The molecule has 0 aliphatic carbocycles. The first kappa shape index (κ1) is 21.8. The fourth-order valence-electron chi connectivity index (χ4n) is 3.58. The number of aliphatic hydroxyl groups is 1. The molecule has 2 atom stereocenters. The number of quaternary nitrogens is 1. The molecular formula is C25H30FN2O2+. The number of para-hydroxylation sites is 1. The lowest BCUT2D eigenvalue weighted by Crippen LogP contribution is -3.11. The monoisotopic (exact) mass is 409 g/mol. The van der Waals surface area contributed by atoms with Crippen molar-refractivity contribution in [1.82, 2.24) is 4.57 Å². The molecule has 4 nitrogen and oxygen atoms in total. The first-order valence-corrected chi connectivity index (χ1v) is 10.2. The van der Waals surface area contributed by atoms with E-state index in [9.17, 15) is 9.50 Å². The summed E-state index contributed by atoms with van der Waals surface area (Å²) >= 11 is 0. The van der Waals surface area contributed by atoms with E-state index in [1.54, 1.807) is 12.1 Å². The predicted octanol–water partition coefficient (Wildman–Crippen LogP) is 2.99. The van der Waals surface area contributed by atoms with Crippen LogP contribution in [0, 0.1) is 12.7 Å². The second-order valence-corrected chi connectivity index (χ2v) is 7.61. The molecule has 158 valence electrons. The van der Waals surface area contributed by atoms with Gasteiger partial charge < -0.3 is 19.3 Å². The van der Waals surface area contributed by atoms with Crippen molar-refractivity contribution in [2.45, 2.75) is 26.1 Å². The van der Waals surface area contributed by atoms with Crippen LogP contribution in [0.1, 0.15) is 16.8 Å². The standard InChI is InChI=1S/C25H29FN2O2/c1-3-13-27(18-24(29)19-30-25-12-5-4-8-20(25)2)17-23-11-7-14-28(23)16-21-9-6-10-22(26)15-21/h3-12,14-15,24,29H,1,13,16-19H2,2H3/p+1/t24-/m1/s1. The molecule has 1 aromatic heterocycles. The maximum atomic E-state index is 13.5. The van der Waals surface area contributed by atoms with Crippen LogP contribution >= 0.6 is 0 Å². The fourth-order valence-corrected chi connectivity index (χ4v) is 3.58. The Balaban J connectivity index is 1.59. The third kappa shape index (κ3) is 6.31. The zero-order chi connectivity index (χ0) is 21.3. The zero-order valence-corrected chi connectivity index (χ0v) is 17.4. The molecule has 30 heavy (non-hydrogen) atoms. The van der Waals surface area contributed by atoms with Crippen LogP contribution in [-0.2, 0) is 13.1 Å². The van der Waals surface area contributed by atoms with Crippen LogP contribution in [0.4, 0.5) is 4.39 Å². The van der Waals surface area contributed by atoms with E-state index in [-0.39, 0.29) is 12.4 Å². The molecule has 0 aliphatic heterocycles. The Kier molecular flexibility index (Phi) is 7.82. The molecule has 0 aliphatic rings. The van der Waals surface area contributed by atoms with Crippen molar-refractivity contribution >= 4 is 0 Å². The molecule has 0 saturated carbocycles. The van der Waals surface area contributed by atoms with Crippen LogP contribution in [0.5, 0.6) is 5.75 Å². The Bertz CT molecular complexity index is 954. The number of halogens is 1. The summed E-state index contributed by atoms with van der Waals surface area (Å²) in [4.78, 5) is 1.19. The van der Waals surface area contributed by atoms with E-state index in [0.717, 1.165) is 35.7 Å². The summed E-state index contributed by atoms with van der Waals surface area (Å²) < 4.78 is 21.4. The molecule has 0 bridgehead atoms. The maximum Gasteiger partial charge on any atom is 0.137 e. The molecule has 0 saturated heterocycles. The number of aryl methyl sites for hydroxylation is 1. The number of hydrogen-bond acceptors (Lipinski definition) is 2. The summed E-state index contributed by atoms with van der Waals surface area (Å²) in [5.41, 5.74) is 3.10. The summed E-state index contributed by atoms with van der Waals surface area (Å²) in [6, 6.07) is 18.5. The van der Waals surface area contributed by atoms with Gasteiger partial charge in [-0.25, -0.2) is 4.39 Å². The number of rotatable bonds is 11. The minimum Gasteiger partial charge on any atom is -0.490 e. The van der Waals surface area contributed by atoms with Gasteiger partial charge in [-0.15, -0.1) is 0 Å². The van der Waals surface area contributed by atoms with E-state index in [1.165, 1.54) is 11.0 Å². The number of benzene rings is 2. The fraction of sp³-hybridized carbons (Fsp3) is 0.280. The molecule has 0 spiro atoms. The summed E-state index contributed by atoms with van der Waals surface area (Å²) in [5, 5.41) is 10.5. The van der Waals surface area contributed by atoms with Crippen molar-refractivity contribution in [3.8, 4) is 5.75 Å². The zero-order valence-electron chi connectivity index (χ0n) is 17.4. The topological polar surface area (TPSA) is 38.8 Å². The normalized spacial score (nSPS) is 13.0. The van der Waals surface area contributed by atoms with Crippen LogP contribution in [0.3, 0.4) is 0 Å². The second kappa shape index (κ2) is 10.8. The van der Waals surface area contributed by atoms with Gasteiger partial charge in [0, 0.05) is 12.7 Å². The lowest BCUT2D eigenvalue weighted by atomic mass is 10.2. The lowest BCUT2D eigenvalue weighted by Gasteiger charge is -2.22. The summed E-state index contributed by atoms with van der Waals surface area (Å²) in [5.74, 6) is 0.572. The summed E-state index contributed by atoms with van der Waals surface area (Å²) in [7, 11) is 0.